The predicted octanol–water partition coefficient (Wildman–Crippen LogP) is 5.53. The summed E-state index contributed by atoms with van der Waals surface area (Å²) in [6.07, 6.45) is 0.945. The maximum absolute atomic E-state index is 12.2. The van der Waals surface area contributed by atoms with Gasteiger partial charge in [0.15, 0.2) is 0 Å². The molecule has 0 atom stereocenters. The molecule has 0 aliphatic carbocycles. The zero-order valence-corrected chi connectivity index (χ0v) is 15.5. The van der Waals surface area contributed by atoms with Crippen LogP contribution in [0.25, 0.3) is 0 Å². The average molecular weight is 428 g/mol. The van der Waals surface area contributed by atoms with Gasteiger partial charge >= 0.3 is 5.97 Å². The quantitative estimate of drug-likeness (QED) is 0.465. The van der Waals surface area contributed by atoms with Crippen LogP contribution < -0.4 is 9.47 Å². The van der Waals surface area contributed by atoms with Crippen LogP contribution in [0.5, 0.6) is 11.5 Å². The molecular weight excluding hydrogens is 412 g/mol. The summed E-state index contributed by atoms with van der Waals surface area (Å²) in [6, 6.07) is 10.7. The van der Waals surface area contributed by atoms with Crippen LogP contribution in [0, 0.1) is 6.92 Å². The number of carbonyl (C=O) groups excluding carboxylic acids is 1. The zero-order valence-electron chi connectivity index (χ0n) is 12.4. The Balaban J connectivity index is 2.12. The van der Waals surface area contributed by atoms with Crippen molar-refractivity contribution in [2.24, 2.45) is 0 Å². The number of ether oxygens (including phenoxy) is 2. The van der Waals surface area contributed by atoms with E-state index in [1.807, 2.05) is 26.0 Å². The maximum atomic E-state index is 12.2. The van der Waals surface area contributed by atoms with Gasteiger partial charge in [-0.05, 0) is 71.2 Å². The van der Waals surface area contributed by atoms with Crippen LogP contribution in [0.1, 0.15) is 29.3 Å². The molecule has 3 nitrogen and oxygen atoms in total. The molecule has 0 aromatic heterocycles. The molecule has 116 valence electrons. The second kappa shape index (κ2) is 7.79. The van der Waals surface area contributed by atoms with Gasteiger partial charge in [0, 0.05) is 4.47 Å². The molecule has 0 fully saturated rings. The van der Waals surface area contributed by atoms with Gasteiger partial charge in [-0.25, -0.2) is 4.79 Å². The van der Waals surface area contributed by atoms with E-state index in [-0.39, 0.29) is 0 Å². The number of carbonyl (C=O) groups is 1. The zero-order chi connectivity index (χ0) is 16.1. The first-order valence-corrected chi connectivity index (χ1v) is 8.50. The molecule has 0 N–H and O–H groups in total. The molecule has 0 radical (unpaired) electrons. The Morgan fingerprint density at radius 3 is 2.41 bits per heavy atom. The first kappa shape index (κ1) is 17.0. The van der Waals surface area contributed by atoms with E-state index < -0.39 is 5.97 Å². The Labute approximate surface area is 146 Å². The first-order valence-electron chi connectivity index (χ1n) is 6.92. The summed E-state index contributed by atoms with van der Waals surface area (Å²) in [7, 11) is 0. The van der Waals surface area contributed by atoms with Gasteiger partial charge < -0.3 is 9.47 Å². The summed E-state index contributed by atoms with van der Waals surface area (Å²) >= 11 is 6.81. The minimum Gasteiger partial charge on any atom is -0.494 e. The van der Waals surface area contributed by atoms with Gasteiger partial charge in [-0.1, -0.05) is 22.9 Å². The fourth-order valence-corrected chi connectivity index (χ4v) is 3.40. The highest BCUT2D eigenvalue weighted by molar-refractivity contribution is 9.11. The molecular formula is C17H16Br2O3. The highest BCUT2D eigenvalue weighted by atomic mass is 79.9. The Bertz CT molecular complexity index is 643. The van der Waals surface area contributed by atoms with Gasteiger partial charge in [-0.3, -0.25) is 0 Å². The van der Waals surface area contributed by atoms with E-state index in [4.69, 9.17) is 9.47 Å². The van der Waals surface area contributed by atoms with Crippen LogP contribution in [-0.2, 0) is 0 Å². The van der Waals surface area contributed by atoms with Gasteiger partial charge in [-0.2, -0.15) is 0 Å². The predicted molar refractivity (Wildman–Crippen MR) is 93.8 cm³/mol. The number of hydrogen-bond acceptors (Lipinski definition) is 3. The van der Waals surface area contributed by atoms with Crippen molar-refractivity contribution in [3.8, 4) is 11.5 Å². The van der Waals surface area contributed by atoms with Crippen LogP contribution >= 0.6 is 31.9 Å². The van der Waals surface area contributed by atoms with Crippen molar-refractivity contribution in [1.29, 1.82) is 0 Å². The first-order chi connectivity index (χ1) is 10.5. The second-order valence-electron chi connectivity index (χ2n) is 4.80. The van der Waals surface area contributed by atoms with Gasteiger partial charge in [0.05, 0.1) is 16.6 Å². The lowest BCUT2D eigenvalue weighted by molar-refractivity contribution is 0.0732. The Morgan fingerprint density at radius 1 is 1.14 bits per heavy atom. The smallest absolute Gasteiger partial charge is 0.343 e. The van der Waals surface area contributed by atoms with Crippen molar-refractivity contribution in [3.05, 3.63) is 56.5 Å². The Hall–Kier alpha value is -1.33. The molecule has 22 heavy (non-hydrogen) atoms. The molecule has 0 spiro atoms. The summed E-state index contributed by atoms with van der Waals surface area (Å²) in [4.78, 5) is 12.2. The van der Waals surface area contributed by atoms with Crippen molar-refractivity contribution >= 4 is 37.8 Å². The molecule has 2 aromatic carbocycles. The SMILES string of the molecule is CCCOc1ccc(C(=O)Oc2c(C)cc(Br)cc2Br)cc1. The third-order valence-electron chi connectivity index (χ3n) is 2.95. The molecule has 0 heterocycles. The van der Waals surface area contributed by atoms with Crippen LogP contribution in [-0.4, -0.2) is 12.6 Å². The van der Waals surface area contributed by atoms with E-state index in [2.05, 4.69) is 31.9 Å². The van der Waals surface area contributed by atoms with E-state index in [1.54, 1.807) is 24.3 Å². The Kier molecular flexibility index (Phi) is 6.03. The highest BCUT2D eigenvalue weighted by Crippen LogP contribution is 2.33. The van der Waals surface area contributed by atoms with E-state index in [0.29, 0.717) is 17.9 Å². The van der Waals surface area contributed by atoms with E-state index >= 15 is 0 Å². The normalized spacial score (nSPS) is 10.4. The van der Waals surface area contributed by atoms with Crippen molar-refractivity contribution in [2.75, 3.05) is 6.61 Å². The number of halogens is 2. The highest BCUT2D eigenvalue weighted by Gasteiger charge is 2.14. The second-order valence-corrected chi connectivity index (χ2v) is 6.57. The summed E-state index contributed by atoms with van der Waals surface area (Å²) in [6.45, 7) is 4.60. The van der Waals surface area contributed by atoms with Gasteiger partial charge in [0.2, 0.25) is 0 Å². The minimum absolute atomic E-state index is 0.395. The fraction of sp³-hybridized carbons (Fsp3) is 0.235. The standard InChI is InChI=1S/C17H16Br2O3/c1-3-8-21-14-6-4-12(5-7-14)17(20)22-16-11(2)9-13(18)10-15(16)19/h4-7,9-10H,3,8H2,1-2H3. The minimum atomic E-state index is -0.395. The van der Waals surface area contributed by atoms with E-state index in [0.717, 1.165) is 26.7 Å². The van der Waals surface area contributed by atoms with Gasteiger partial charge in [0.1, 0.15) is 11.5 Å². The number of benzene rings is 2. The third kappa shape index (κ3) is 4.34. The van der Waals surface area contributed by atoms with Crippen LogP contribution in [0.4, 0.5) is 0 Å². The van der Waals surface area contributed by atoms with E-state index in [1.165, 1.54) is 0 Å². The van der Waals surface area contributed by atoms with Crippen LogP contribution in [0.2, 0.25) is 0 Å². The van der Waals surface area contributed by atoms with Crippen molar-refractivity contribution in [2.45, 2.75) is 20.3 Å². The van der Waals surface area contributed by atoms with Crippen molar-refractivity contribution in [3.63, 3.8) is 0 Å². The van der Waals surface area contributed by atoms with Crippen LogP contribution in [0.15, 0.2) is 45.3 Å². The number of aryl methyl sites for hydroxylation is 1. The topological polar surface area (TPSA) is 35.5 Å². The number of hydrogen-bond donors (Lipinski definition) is 0. The van der Waals surface area contributed by atoms with Crippen molar-refractivity contribution < 1.29 is 14.3 Å². The summed E-state index contributed by atoms with van der Waals surface area (Å²) in [5.74, 6) is 0.882. The molecule has 0 aliphatic rings. The largest absolute Gasteiger partial charge is 0.494 e. The van der Waals surface area contributed by atoms with Gasteiger partial charge in [-0.15, -0.1) is 0 Å². The molecule has 0 bridgehead atoms. The maximum Gasteiger partial charge on any atom is 0.343 e. The molecule has 0 unspecified atom stereocenters. The molecule has 2 rings (SSSR count). The van der Waals surface area contributed by atoms with Crippen molar-refractivity contribution in [1.82, 2.24) is 0 Å². The fourth-order valence-electron chi connectivity index (χ4n) is 1.88. The summed E-state index contributed by atoms with van der Waals surface area (Å²) in [5, 5.41) is 0. The van der Waals surface area contributed by atoms with E-state index in [9.17, 15) is 4.79 Å². The molecule has 0 aliphatic heterocycles. The lowest BCUT2D eigenvalue weighted by Gasteiger charge is -2.10. The monoisotopic (exact) mass is 426 g/mol. The number of rotatable bonds is 5. The average Bonchev–Trinajstić information content (AvgIpc) is 2.49. The third-order valence-corrected chi connectivity index (χ3v) is 4.00. The van der Waals surface area contributed by atoms with Gasteiger partial charge in [0.25, 0.3) is 0 Å². The lowest BCUT2D eigenvalue weighted by atomic mass is 10.2. The molecule has 0 saturated heterocycles. The molecule has 0 amide bonds. The van der Waals surface area contributed by atoms with Crippen LogP contribution in [0.3, 0.4) is 0 Å². The number of esters is 1. The summed E-state index contributed by atoms with van der Waals surface area (Å²) < 4.78 is 12.6. The lowest BCUT2D eigenvalue weighted by Crippen LogP contribution is -2.09. The summed E-state index contributed by atoms with van der Waals surface area (Å²) in [5.41, 5.74) is 1.36. The molecule has 0 saturated carbocycles. The Morgan fingerprint density at radius 2 is 1.82 bits per heavy atom. The molecule has 2 aromatic rings. The molecule has 5 heteroatoms.